The molecule has 3 aliphatic heterocycles. The molecule has 1 atom stereocenters. The van der Waals surface area contributed by atoms with Crippen LogP contribution in [0.25, 0.3) is 5.82 Å². The molecule has 2 N–H and O–H groups in total. The summed E-state index contributed by atoms with van der Waals surface area (Å²) in [7, 11) is -4.16. The van der Waals surface area contributed by atoms with Gasteiger partial charge < -0.3 is 15.0 Å². The number of fused-ring (bicyclic) bond motifs is 8. The Labute approximate surface area is 265 Å². The molecule has 1 amide bonds. The molecule has 1 saturated heterocycles. The lowest BCUT2D eigenvalue weighted by molar-refractivity contribution is 0.0981. The molecule has 2 saturated carbocycles. The van der Waals surface area contributed by atoms with Crippen LogP contribution in [0.2, 0.25) is 0 Å². The van der Waals surface area contributed by atoms with E-state index in [-0.39, 0.29) is 16.0 Å². The van der Waals surface area contributed by atoms with E-state index in [2.05, 4.69) is 38.9 Å². The van der Waals surface area contributed by atoms with Gasteiger partial charge in [-0.1, -0.05) is 6.42 Å². The first kappa shape index (κ1) is 30.0. The fourth-order valence-electron chi connectivity index (χ4n) is 7.27. The topological polar surface area (TPSA) is 131 Å². The summed E-state index contributed by atoms with van der Waals surface area (Å²) >= 11 is 0. The zero-order valence-corrected chi connectivity index (χ0v) is 26.9. The number of aromatic nitrogens is 4. The number of hydrogen-bond donors (Lipinski definition) is 2. The summed E-state index contributed by atoms with van der Waals surface area (Å²) < 4.78 is 36.4. The predicted molar refractivity (Wildman–Crippen MR) is 171 cm³/mol. The molecule has 4 bridgehead atoms. The van der Waals surface area contributed by atoms with Crippen LogP contribution in [0.3, 0.4) is 0 Å². The highest BCUT2D eigenvalue weighted by Crippen LogP contribution is 2.50. The number of carbonyl (C=O) groups excluding carboxylic acids is 1. The molecule has 11 nitrogen and oxygen atoms in total. The van der Waals surface area contributed by atoms with Crippen LogP contribution >= 0.6 is 0 Å². The number of carbonyl (C=O) groups is 1. The third-order valence-corrected chi connectivity index (χ3v) is 11.2. The third-order valence-electron chi connectivity index (χ3n) is 9.89. The number of amides is 1. The van der Waals surface area contributed by atoms with E-state index in [9.17, 15) is 13.2 Å². The van der Waals surface area contributed by atoms with Crippen LogP contribution in [-0.2, 0) is 10.0 Å². The average Bonchev–Trinajstić information content (AvgIpc) is 3.95. The van der Waals surface area contributed by atoms with E-state index in [4.69, 9.17) is 9.72 Å². The van der Waals surface area contributed by atoms with E-state index in [1.54, 1.807) is 22.9 Å². The van der Waals surface area contributed by atoms with Crippen molar-refractivity contribution in [3.63, 3.8) is 0 Å². The highest BCUT2D eigenvalue weighted by Gasteiger charge is 2.42. The van der Waals surface area contributed by atoms with Gasteiger partial charge in [-0.3, -0.25) is 4.79 Å². The van der Waals surface area contributed by atoms with Crippen LogP contribution in [0.1, 0.15) is 82.0 Å². The van der Waals surface area contributed by atoms with Crippen molar-refractivity contribution < 1.29 is 17.9 Å². The molecular weight excluding hydrogens is 590 g/mol. The Morgan fingerprint density at radius 1 is 1.04 bits per heavy atom. The van der Waals surface area contributed by atoms with Gasteiger partial charge in [0.25, 0.3) is 15.9 Å². The van der Waals surface area contributed by atoms with E-state index in [1.165, 1.54) is 37.9 Å². The molecule has 12 heteroatoms. The second kappa shape index (κ2) is 11.9. The summed E-state index contributed by atoms with van der Waals surface area (Å²) in [6.45, 7) is 6.44. The Morgan fingerprint density at radius 3 is 2.58 bits per heavy atom. The van der Waals surface area contributed by atoms with E-state index in [1.807, 2.05) is 12.3 Å². The van der Waals surface area contributed by atoms with Gasteiger partial charge in [0, 0.05) is 37.1 Å². The average molecular weight is 634 g/mol. The fourth-order valence-corrected chi connectivity index (χ4v) is 8.18. The molecule has 5 aliphatic rings. The van der Waals surface area contributed by atoms with Gasteiger partial charge in [-0.05, 0) is 113 Å². The summed E-state index contributed by atoms with van der Waals surface area (Å²) in [5.74, 6) is 4.36. The van der Waals surface area contributed by atoms with Gasteiger partial charge in [-0.2, -0.15) is 0 Å². The van der Waals surface area contributed by atoms with Gasteiger partial charge in [0.2, 0.25) is 5.88 Å². The lowest BCUT2D eigenvalue weighted by atomic mass is 9.93. The largest absolute Gasteiger partial charge is 0.477 e. The smallest absolute Gasteiger partial charge is 0.268 e. The number of nitrogens with zero attached hydrogens (tertiary/aromatic N) is 5. The first-order chi connectivity index (χ1) is 21.7. The van der Waals surface area contributed by atoms with Gasteiger partial charge in [0.05, 0.1) is 12.2 Å². The fraction of sp³-hybridized carbons (Fsp3) is 0.576. The van der Waals surface area contributed by atoms with Crippen LogP contribution in [0.5, 0.6) is 5.88 Å². The van der Waals surface area contributed by atoms with Crippen molar-refractivity contribution in [2.24, 2.45) is 23.7 Å². The summed E-state index contributed by atoms with van der Waals surface area (Å²) in [5.41, 5.74) is -0.0909. The molecule has 6 heterocycles. The maximum absolute atomic E-state index is 13.7. The SMILES string of the molecule is CC1(C)CC2CCCCNc3ccc(cn3)S(=O)(=O)NC(=O)c3ccc(-n4ccc(OCCC(C5CC5)C5CC5)n4)nc3N1C2. The maximum Gasteiger partial charge on any atom is 0.268 e. The molecule has 45 heavy (non-hydrogen) atoms. The Hall–Kier alpha value is -3.67. The molecular formula is C33H43N7O4S. The van der Waals surface area contributed by atoms with Crippen LogP contribution in [0, 0.1) is 23.7 Å². The minimum atomic E-state index is -4.16. The summed E-state index contributed by atoms with van der Waals surface area (Å²) in [6, 6.07) is 8.26. The van der Waals surface area contributed by atoms with Gasteiger partial charge in [0.15, 0.2) is 5.82 Å². The number of pyridine rings is 2. The number of sulfonamides is 1. The molecule has 1 unspecified atom stereocenters. The number of ether oxygens (including phenoxy) is 1. The lowest BCUT2D eigenvalue weighted by Crippen LogP contribution is -2.41. The third kappa shape index (κ3) is 6.66. The monoisotopic (exact) mass is 633 g/mol. The first-order valence-corrected chi connectivity index (χ1v) is 17.9. The van der Waals surface area contributed by atoms with Crippen LogP contribution in [0.15, 0.2) is 47.6 Å². The molecule has 8 rings (SSSR count). The zero-order chi connectivity index (χ0) is 31.2. The number of anilines is 2. The molecule has 3 aromatic heterocycles. The molecule has 240 valence electrons. The second-order valence-electron chi connectivity index (χ2n) is 13.8. The van der Waals surface area contributed by atoms with Gasteiger partial charge in [-0.15, -0.1) is 5.10 Å². The molecule has 0 spiro atoms. The first-order valence-electron chi connectivity index (χ1n) is 16.4. The number of hydrogen-bond acceptors (Lipinski definition) is 9. The Bertz CT molecular complexity index is 1640. The van der Waals surface area contributed by atoms with Crippen molar-refractivity contribution in [3.05, 3.63) is 48.3 Å². The molecule has 2 aliphatic carbocycles. The van der Waals surface area contributed by atoms with Gasteiger partial charge in [0.1, 0.15) is 16.5 Å². The Balaban J connectivity index is 1.16. The van der Waals surface area contributed by atoms with Crippen molar-refractivity contribution in [1.29, 1.82) is 0 Å². The van der Waals surface area contributed by atoms with Crippen LogP contribution in [0.4, 0.5) is 11.6 Å². The molecule has 0 radical (unpaired) electrons. The highest BCUT2D eigenvalue weighted by molar-refractivity contribution is 7.90. The van der Waals surface area contributed by atoms with E-state index in [0.29, 0.717) is 35.9 Å². The van der Waals surface area contributed by atoms with Crippen LogP contribution in [-0.4, -0.2) is 59.3 Å². The molecule has 3 aromatic rings. The summed E-state index contributed by atoms with van der Waals surface area (Å²) in [5, 5.41) is 7.91. The van der Waals surface area contributed by atoms with Crippen molar-refractivity contribution >= 4 is 27.6 Å². The number of nitrogens with one attached hydrogen (secondary N) is 2. The Morgan fingerprint density at radius 2 is 1.84 bits per heavy atom. The summed E-state index contributed by atoms with van der Waals surface area (Å²) in [4.78, 5) is 24.9. The van der Waals surface area contributed by atoms with E-state index < -0.39 is 15.9 Å². The quantitative estimate of drug-likeness (QED) is 0.361. The van der Waals surface area contributed by atoms with Crippen LogP contribution < -0.4 is 19.7 Å². The van der Waals surface area contributed by atoms with Gasteiger partial charge >= 0.3 is 0 Å². The minimum absolute atomic E-state index is 0.0805. The standard InChI is InChI=1S/C33H43N7O4S/c1-33(2)19-22-5-3-4-16-34-28-12-10-25(20-35-28)45(42,43)38-32(41)27-11-13-29(36-31(27)39(33)21-22)40-17-14-30(37-40)44-18-15-26(23-6-7-23)24-8-9-24/h10-14,17,20,22-24,26H,3-9,15-16,18-19,21H2,1-2H3,(H,34,35)(H,38,41). The lowest BCUT2D eigenvalue weighted by Gasteiger charge is -2.34. The van der Waals surface area contributed by atoms with Crippen molar-refractivity contribution in [1.82, 2.24) is 24.5 Å². The maximum atomic E-state index is 13.7. The van der Waals surface area contributed by atoms with Crippen molar-refractivity contribution in [2.75, 3.05) is 29.9 Å². The minimum Gasteiger partial charge on any atom is -0.477 e. The van der Waals surface area contributed by atoms with Crippen molar-refractivity contribution in [3.8, 4) is 11.7 Å². The Kier molecular flexibility index (Phi) is 7.95. The normalized spacial score (nSPS) is 22.9. The van der Waals surface area contributed by atoms with E-state index in [0.717, 1.165) is 62.9 Å². The molecule has 3 fully saturated rings. The summed E-state index contributed by atoms with van der Waals surface area (Å²) in [6.07, 6.45) is 13.6. The number of rotatable bonds is 7. The van der Waals surface area contributed by atoms with Crippen molar-refractivity contribution in [2.45, 2.75) is 82.1 Å². The zero-order valence-electron chi connectivity index (χ0n) is 26.1. The predicted octanol–water partition coefficient (Wildman–Crippen LogP) is 5.19. The van der Waals surface area contributed by atoms with Gasteiger partial charge in [-0.25, -0.2) is 27.8 Å². The van der Waals surface area contributed by atoms with E-state index >= 15 is 0 Å². The molecule has 0 aromatic carbocycles. The second-order valence-corrected chi connectivity index (χ2v) is 15.5. The highest BCUT2D eigenvalue weighted by atomic mass is 32.2.